The largest absolute Gasteiger partial charge is 0.338 e. The monoisotopic (exact) mass is 402 g/mol. The molecule has 2 aromatic heterocycles. The number of nitrogens with one attached hydrogen (secondary N) is 1. The van der Waals surface area contributed by atoms with Crippen molar-refractivity contribution in [2.75, 3.05) is 37.3 Å². The van der Waals surface area contributed by atoms with Gasteiger partial charge in [-0.1, -0.05) is 6.07 Å². The van der Waals surface area contributed by atoms with Gasteiger partial charge >= 0.3 is 0 Å². The summed E-state index contributed by atoms with van der Waals surface area (Å²) >= 11 is 1.67. The van der Waals surface area contributed by atoms with E-state index >= 15 is 0 Å². The van der Waals surface area contributed by atoms with Gasteiger partial charge in [-0.15, -0.1) is 11.3 Å². The minimum atomic E-state index is -2.77. The Bertz CT molecular complexity index is 1040. The number of rotatable bonds is 4. The van der Waals surface area contributed by atoms with E-state index in [1.165, 1.54) is 28.9 Å². The Kier molecular flexibility index (Phi) is 4.83. The average Bonchev–Trinajstić information content (AvgIpc) is 3.15. The van der Waals surface area contributed by atoms with Crippen molar-refractivity contribution in [3.8, 4) is 0 Å². The lowest BCUT2D eigenvalue weighted by Crippen LogP contribution is -2.47. The number of piperazine rings is 1. The summed E-state index contributed by atoms with van der Waals surface area (Å²) in [5, 5.41) is 0. The predicted octanol–water partition coefficient (Wildman–Crippen LogP) is 3.00. The van der Waals surface area contributed by atoms with E-state index in [9.17, 15) is 4.21 Å². The van der Waals surface area contributed by atoms with E-state index < -0.39 is 9.73 Å². The molecule has 4 rings (SSSR count). The molecule has 0 unspecified atom stereocenters. The standard InChI is InChI=1S/C18H22N6OS2/c1-13(14-3-4-17-16(9-14)22-12-26-17)23-5-7-24(8-6-23)18-20-10-15(11-21-18)27(2,19)25/h3-4,9-13,19H,5-8H2,1-2H3/t13-,27-/m1/s1. The van der Waals surface area contributed by atoms with Gasteiger partial charge < -0.3 is 4.90 Å². The number of hydrogen-bond acceptors (Lipinski definition) is 8. The van der Waals surface area contributed by atoms with E-state index in [0.29, 0.717) is 16.9 Å². The highest BCUT2D eigenvalue weighted by molar-refractivity contribution is 7.91. The second-order valence-corrected chi connectivity index (χ2v) is 9.89. The molecule has 1 fully saturated rings. The number of thiazole rings is 1. The van der Waals surface area contributed by atoms with E-state index in [1.807, 2.05) is 5.51 Å². The molecule has 2 atom stereocenters. The molecule has 1 aliphatic rings. The van der Waals surface area contributed by atoms with Gasteiger partial charge in [-0.25, -0.2) is 23.9 Å². The van der Waals surface area contributed by atoms with Crippen LogP contribution in [0.3, 0.4) is 0 Å². The lowest BCUT2D eigenvalue weighted by molar-refractivity contribution is 0.198. The van der Waals surface area contributed by atoms with Crippen LogP contribution in [0.4, 0.5) is 5.95 Å². The molecular formula is C18H22N6OS2. The number of aromatic nitrogens is 3. The van der Waals surface area contributed by atoms with Crippen LogP contribution in [0.1, 0.15) is 18.5 Å². The molecular weight excluding hydrogens is 380 g/mol. The summed E-state index contributed by atoms with van der Waals surface area (Å²) in [5.74, 6) is 0.638. The first-order valence-corrected chi connectivity index (χ1v) is 11.6. The maximum absolute atomic E-state index is 11.8. The van der Waals surface area contributed by atoms with Crippen LogP contribution in [0.2, 0.25) is 0 Å². The van der Waals surface area contributed by atoms with Crippen LogP contribution >= 0.6 is 11.3 Å². The molecule has 1 aliphatic heterocycles. The third kappa shape index (κ3) is 3.80. The number of benzene rings is 1. The highest BCUT2D eigenvalue weighted by Crippen LogP contribution is 2.27. The fraction of sp³-hybridized carbons (Fsp3) is 0.389. The van der Waals surface area contributed by atoms with E-state index in [4.69, 9.17) is 4.78 Å². The summed E-state index contributed by atoms with van der Waals surface area (Å²) in [6.45, 7) is 5.76. The minimum absolute atomic E-state index is 0.328. The zero-order chi connectivity index (χ0) is 19.0. The van der Waals surface area contributed by atoms with Crippen LogP contribution in [0.15, 0.2) is 41.0 Å². The van der Waals surface area contributed by atoms with Crippen LogP contribution < -0.4 is 4.90 Å². The summed E-state index contributed by atoms with van der Waals surface area (Å²) in [5.41, 5.74) is 4.25. The van der Waals surface area contributed by atoms with Crippen LogP contribution in [0.25, 0.3) is 10.2 Å². The lowest BCUT2D eigenvalue weighted by Gasteiger charge is -2.38. The second kappa shape index (κ2) is 7.14. The van der Waals surface area contributed by atoms with Crippen molar-refractivity contribution in [1.29, 1.82) is 4.78 Å². The van der Waals surface area contributed by atoms with Crippen molar-refractivity contribution in [2.45, 2.75) is 17.9 Å². The van der Waals surface area contributed by atoms with Crippen molar-refractivity contribution in [1.82, 2.24) is 19.9 Å². The SMILES string of the molecule is C[C@H](c1ccc2scnc2c1)N1CCN(c2ncc([S@](C)(=N)=O)cn2)CC1. The average molecular weight is 403 g/mol. The quantitative estimate of drug-likeness (QED) is 0.722. The minimum Gasteiger partial charge on any atom is -0.338 e. The van der Waals surface area contributed by atoms with Crippen molar-refractivity contribution >= 4 is 37.2 Å². The second-order valence-electron chi connectivity index (χ2n) is 6.84. The van der Waals surface area contributed by atoms with Crippen LogP contribution in [0.5, 0.6) is 0 Å². The number of nitrogens with zero attached hydrogens (tertiary/aromatic N) is 5. The molecule has 0 saturated carbocycles. The van der Waals surface area contributed by atoms with Crippen molar-refractivity contribution in [2.24, 2.45) is 0 Å². The molecule has 0 bridgehead atoms. The van der Waals surface area contributed by atoms with E-state index in [0.717, 1.165) is 31.7 Å². The topological polar surface area (TPSA) is 86.1 Å². The van der Waals surface area contributed by atoms with Crippen LogP contribution in [-0.2, 0) is 9.73 Å². The Balaban J connectivity index is 1.42. The molecule has 9 heteroatoms. The molecule has 0 aliphatic carbocycles. The number of anilines is 1. The van der Waals surface area contributed by atoms with E-state index in [2.05, 4.69) is 49.9 Å². The maximum Gasteiger partial charge on any atom is 0.225 e. The predicted molar refractivity (Wildman–Crippen MR) is 109 cm³/mol. The molecule has 7 nitrogen and oxygen atoms in total. The van der Waals surface area contributed by atoms with Gasteiger partial charge in [0.25, 0.3) is 0 Å². The van der Waals surface area contributed by atoms with Gasteiger partial charge in [0, 0.05) is 50.9 Å². The smallest absolute Gasteiger partial charge is 0.225 e. The Morgan fingerprint density at radius 3 is 2.52 bits per heavy atom. The van der Waals surface area contributed by atoms with Gasteiger partial charge in [-0.3, -0.25) is 4.90 Å². The molecule has 1 N–H and O–H groups in total. The third-order valence-electron chi connectivity index (χ3n) is 5.05. The van der Waals surface area contributed by atoms with Crippen molar-refractivity contribution in [3.05, 3.63) is 41.7 Å². The number of fused-ring (bicyclic) bond motifs is 1. The highest BCUT2D eigenvalue weighted by Gasteiger charge is 2.23. The molecule has 0 radical (unpaired) electrons. The lowest BCUT2D eigenvalue weighted by atomic mass is 10.1. The van der Waals surface area contributed by atoms with Crippen LogP contribution in [-0.4, -0.2) is 56.5 Å². The maximum atomic E-state index is 11.8. The summed E-state index contributed by atoms with van der Waals surface area (Å²) in [4.78, 5) is 18.0. The molecule has 142 valence electrons. The fourth-order valence-electron chi connectivity index (χ4n) is 3.33. The molecule has 3 aromatic rings. The van der Waals surface area contributed by atoms with Gasteiger partial charge in [-0.05, 0) is 24.6 Å². The summed E-state index contributed by atoms with van der Waals surface area (Å²) in [6, 6.07) is 6.87. The fourth-order valence-corrected chi connectivity index (χ4v) is 4.50. The Hall–Kier alpha value is -2.10. The van der Waals surface area contributed by atoms with Gasteiger partial charge in [0.2, 0.25) is 5.95 Å². The molecule has 1 aromatic carbocycles. The zero-order valence-electron chi connectivity index (χ0n) is 15.3. The van der Waals surface area contributed by atoms with Gasteiger partial charge in [0.15, 0.2) is 0 Å². The Morgan fingerprint density at radius 1 is 1.15 bits per heavy atom. The molecule has 3 heterocycles. The first-order chi connectivity index (χ1) is 12.9. The van der Waals surface area contributed by atoms with E-state index in [-0.39, 0.29) is 0 Å². The van der Waals surface area contributed by atoms with Gasteiger partial charge in [0.05, 0.1) is 30.4 Å². The van der Waals surface area contributed by atoms with Crippen molar-refractivity contribution < 1.29 is 4.21 Å². The molecule has 0 amide bonds. The normalized spacial score (nSPS) is 19.1. The molecule has 0 spiro atoms. The first-order valence-electron chi connectivity index (χ1n) is 8.80. The summed E-state index contributed by atoms with van der Waals surface area (Å²) in [7, 11) is -2.77. The first kappa shape index (κ1) is 18.3. The summed E-state index contributed by atoms with van der Waals surface area (Å²) < 4.78 is 20.6. The Labute approximate surface area is 163 Å². The zero-order valence-corrected chi connectivity index (χ0v) is 17.0. The van der Waals surface area contributed by atoms with E-state index in [1.54, 1.807) is 11.3 Å². The van der Waals surface area contributed by atoms with Gasteiger partial charge in [-0.2, -0.15) is 0 Å². The third-order valence-corrected chi connectivity index (χ3v) is 6.97. The number of hydrogen-bond donors (Lipinski definition) is 1. The molecule has 1 saturated heterocycles. The van der Waals surface area contributed by atoms with Crippen molar-refractivity contribution in [3.63, 3.8) is 0 Å². The summed E-state index contributed by atoms with van der Waals surface area (Å²) in [6.07, 6.45) is 4.40. The van der Waals surface area contributed by atoms with Gasteiger partial charge in [0.1, 0.15) is 0 Å². The van der Waals surface area contributed by atoms with Crippen LogP contribution in [0, 0.1) is 4.78 Å². The molecule has 27 heavy (non-hydrogen) atoms. The Morgan fingerprint density at radius 2 is 1.85 bits per heavy atom. The highest BCUT2D eigenvalue weighted by atomic mass is 32.2.